The highest BCUT2D eigenvalue weighted by Crippen LogP contribution is 2.25. The minimum atomic E-state index is -3.07. The highest BCUT2D eigenvalue weighted by molar-refractivity contribution is 6.07. The Bertz CT molecular complexity index is 1070. The third-order valence-corrected chi connectivity index (χ3v) is 3.85. The van der Waals surface area contributed by atoms with Gasteiger partial charge in [0.05, 0.1) is 23.2 Å². The zero-order valence-corrected chi connectivity index (χ0v) is 15.8. The summed E-state index contributed by atoms with van der Waals surface area (Å²) in [6.45, 7) is -3.76. The van der Waals surface area contributed by atoms with E-state index in [0.717, 1.165) is 0 Å². The number of nitrogens with one attached hydrogen (secondary N) is 2. The fourth-order valence-electron chi connectivity index (χ4n) is 2.53. The first-order valence-electron chi connectivity index (χ1n) is 8.88. The van der Waals surface area contributed by atoms with Crippen LogP contribution in [0.15, 0.2) is 71.3 Å². The first kappa shape index (κ1) is 21.5. The predicted octanol–water partition coefficient (Wildman–Crippen LogP) is 3.93. The van der Waals surface area contributed by atoms with Crippen molar-refractivity contribution in [2.24, 2.45) is 0 Å². The lowest BCUT2D eigenvalue weighted by atomic mass is 10.1. The Hall–Kier alpha value is -4.21. The maximum Gasteiger partial charge on any atom is 0.387 e. The summed E-state index contributed by atoms with van der Waals surface area (Å²) in [7, 11) is 0. The van der Waals surface area contributed by atoms with Gasteiger partial charge in [-0.1, -0.05) is 24.3 Å². The molecule has 0 bridgehead atoms. The Labute approximate surface area is 174 Å². The van der Waals surface area contributed by atoms with Crippen molar-refractivity contribution in [3.05, 3.63) is 78.3 Å². The van der Waals surface area contributed by atoms with Gasteiger partial charge in [0.25, 0.3) is 11.8 Å². The Morgan fingerprint density at radius 3 is 2.32 bits per heavy atom. The molecule has 8 nitrogen and oxygen atoms in total. The first-order chi connectivity index (χ1) is 14.9. The summed E-state index contributed by atoms with van der Waals surface area (Å²) in [4.78, 5) is 36.6. The maximum absolute atomic E-state index is 12.5. The molecule has 0 aliphatic heterocycles. The molecule has 2 aromatic carbocycles. The van der Waals surface area contributed by atoms with Gasteiger partial charge in [-0.05, 0) is 36.4 Å². The Morgan fingerprint density at radius 2 is 1.61 bits per heavy atom. The highest BCUT2D eigenvalue weighted by Gasteiger charge is 2.18. The van der Waals surface area contributed by atoms with Gasteiger partial charge >= 0.3 is 12.6 Å². The third-order valence-electron chi connectivity index (χ3n) is 3.85. The predicted molar refractivity (Wildman–Crippen MR) is 105 cm³/mol. The van der Waals surface area contributed by atoms with Crippen LogP contribution in [0.5, 0.6) is 5.75 Å². The summed E-state index contributed by atoms with van der Waals surface area (Å²) in [6.07, 6.45) is 1.33. The van der Waals surface area contributed by atoms with E-state index >= 15 is 0 Å². The molecule has 1 aromatic heterocycles. The van der Waals surface area contributed by atoms with Gasteiger partial charge in [-0.3, -0.25) is 9.59 Å². The topological polar surface area (TPSA) is 107 Å². The largest absolute Gasteiger partial charge is 0.459 e. The second-order valence-electron chi connectivity index (χ2n) is 5.98. The minimum Gasteiger partial charge on any atom is -0.459 e. The van der Waals surface area contributed by atoms with Crippen LogP contribution in [0.3, 0.4) is 0 Å². The number of amides is 2. The number of rotatable bonds is 8. The van der Waals surface area contributed by atoms with Gasteiger partial charge in [-0.15, -0.1) is 0 Å². The molecular weight excluding hydrogens is 414 g/mol. The minimum absolute atomic E-state index is 0.00467. The van der Waals surface area contributed by atoms with Crippen LogP contribution < -0.4 is 15.4 Å². The lowest BCUT2D eigenvalue weighted by Crippen LogP contribution is -2.22. The van der Waals surface area contributed by atoms with E-state index in [2.05, 4.69) is 15.4 Å². The SMILES string of the molecule is O=C(COC(=O)c1ccccc1NC(=O)c1ccco1)Nc1ccccc1OC(F)F. The number of alkyl halides is 2. The average molecular weight is 430 g/mol. The number of anilines is 2. The van der Waals surface area contributed by atoms with E-state index < -0.39 is 31.0 Å². The van der Waals surface area contributed by atoms with Crippen molar-refractivity contribution in [3.63, 3.8) is 0 Å². The van der Waals surface area contributed by atoms with Crippen molar-refractivity contribution in [3.8, 4) is 5.75 Å². The van der Waals surface area contributed by atoms with Crippen LogP contribution in [0.25, 0.3) is 0 Å². The van der Waals surface area contributed by atoms with Gasteiger partial charge in [0, 0.05) is 0 Å². The molecule has 3 rings (SSSR count). The summed E-state index contributed by atoms with van der Waals surface area (Å²) in [5.41, 5.74) is 0.164. The van der Waals surface area contributed by atoms with Crippen LogP contribution in [-0.2, 0) is 9.53 Å². The molecule has 2 amide bonds. The van der Waals surface area contributed by atoms with Crippen LogP contribution in [0.1, 0.15) is 20.9 Å². The molecule has 0 aliphatic carbocycles. The van der Waals surface area contributed by atoms with Crippen LogP contribution in [-0.4, -0.2) is 31.0 Å². The lowest BCUT2D eigenvalue weighted by molar-refractivity contribution is -0.119. The van der Waals surface area contributed by atoms with Gasteiger partial charge in [0.15, 0.2) is 12.4 Å². The van der Waals surface area contributed by atoms with Gasteiger partial charge in [0.2, 0.25) is 0 Å². The van der Waals surface area contributed by atoms with E-state index in [1.165, 1.54) is 54.8 Å². The normalized spacial score (nSPS) is 10.4. The number of halogens is 2. The van der Waals surface area contributed by atoms with Gasteiger partial charge < -0.3 is 24.5 Å². The smallest absolute Gasteiger partial charge is 0.387 e. The van der Waals surface area contributed by atoms with E-state index in [4.69, 9.17) is 9.15 Å². The van der Waals surface area contributed by atoms with Gasteiger partial charge in [0.1, 0.15) is 5.75 Å². The Kier molecular flexibility index (Phi) is 6.94. The summed E-state index contributed by atoms with van der Waals surface area (Å²) < 4.78 is 39.2. The van der Waals surface area contributed by atoms with Crippen molar-refractivity contribution >= 4 is 29.2 Å². The van der Waals surface area contributed by atoms with E-state index in [1.807, 2.05) is 0 Å². The third kappa shape index (κ3) is 5.89. The number of esters is 1. The molecule has 2 N–H and O–H groups in total. The summed E-state index contributed by atoms with van der Waals surface area (Å²) in [6, 6.07) is 14.6. The summed E-state index contributed by atoms with van der Waals surface area (Å²) >= 11 is 0. The van der Waals surface area contributed by atoms with Crippen LogP contribution >= 0.6 is 0 Å². The van der Waals surface area contributed by atoms with E-state index in [0.29, 0.717) is 0 Å². The van der Waals surface area contributed by atoms with Crippen molar-refractivity contribution < 1.29 is 37.1 Å². The lowest BCUT2D eigenvalue weighted by Gasteiger charge is -2.12. The zero-order chi connectivity index (χ0) is 22.2. The number of hydrogen-bond donors (Lipinski definition) is 2. The van der Waals surface area contributed by atoms with Crippen LogP contribution in [0.2, 0.25) is 0 Å². The molecule has 3 aromatic rings. The van der Waals surface area contributed by atoms with Crippen LogP contribution in [0, 0.1) is 0 Å². The number of carbonyl (C=O) groups is 3. The number of hydrogen-bond acceptors (Lipinski definition) is 6. The van der Waals surface area contributed by atoms with Crippen LogP contribution in [0.4, 0.5) is 20.2 Å². The van der Waals surface area contributed by atoms with Crippen molar-refractivity contribution in [1.82, 2.24) is 0 Å². The molecule has 1 heterocycles. The molecule has 0 atom stereocenters. The number of carbonyl (C=O) groups excluding carboxylic acids is 3. The fraction of sp³-hybridized carbons (Fsp3) is 0.0952. The van der Waals surface area contributed by atoms with Gasteiger partial charge in [-0.2, -0.15) is 8.78 Å². The summed E-state index contributed by atoms with van der Waals surface area (Å²) in [5.74, 6) is -2.40. The molecule has 0 unspecified atom stereocenters. The number of ether oxygens (including phenoxy) is 2. The quantitative estimate of drug-likeness (QED) is 0.525. The van der Waals surface area contributed by atoms with Crippen molar-refractivity contribution in [2.75, 3.05) is 17.2 Å². The molecule has 0 aliphatic rings. The Morgan fingerprint density at radius 1 is 0.903 bits per heavy atom. The Balaban J connectivity index is 1.61. The fourth-order valence-corrected chi connectivity index (χ4v) is 2.53. The second-order valence-corrected chi connectivity index (χ2v) is 5.98. The van der Waals surface area contributed by atoms with E-state index in [-0.39, 0.29) is 28.4 Å². The van der Waals surface area contributed by atoms with E-state index in [9.17, 15) is 23.2 Å². The molecule has 160 valence electrons. The molecule has 0 fully saturated rings. The number of para-hydroxylation sites is 3. The molecule has 0 saturated carbocycles. The molecular formula is C21H16F2N2O6. The standard InChI is InChI=1S/C21H16F2N2O6/c22-21(23)31-16-9-4-3-8-15(16)24-18(26)12-30-20(28)13-6-1-2-7-14(13)25-19(27)17-10-5-11-29-17/h1-11,21H,12H2,(H,24,26)(H,25,27). The molecule has 10 heteroatoms. The molecule has 31 heavy (non-hydrogen) atoms. The van der Waals surface area contributed by atoms with Crippen molar-refractivity contribution in [1.29, 1.82) is 0 Å². The first-order valence-corrected chi connectivity index (χ1v) is 8.88. The van der Waals surface area contributed by atoms with Crippen molar-refractivity contribution in [2.45, 2.75) is 6.61 Å². The average Bonchev–Trinajstić information content (AvgIpc) is 3.29. The monoisotopic (exact) mass is 430 g/mol. The maximum atomic E-state index is 12.5. The van der Waals surface area contributed by atoms with Gasteiger partial charge in [-0.25, -0.2) is 4.79 Å². The highest BCUT2D eigenvalue weighted by atomic mass is 19.3. The number of furan rings is 1. The van der Waals surface area contributed by atoms with E-state index in [1.54, 1.807) is 12.1 Å². The molecule has 0 spiro atoms. The number of benzene rings is 2. The molecule has 0 radical (unpaired) electrons. The zero-order valence-electron chi connectivity index (χ0n) is 15.8. The molecule has 0 saturated heterocycles. The second kappa shape index (κ2) is 10.0. The summed E-state index contributed by atoms with van der Waals surface area (Å²) in [5, 5.41) is 4.86.